The molecule has 1 saturated heterocycles. The lowest BCUT2D eigenvalue weighted by Crippen LogP contribution is -2.36. The molecule has 0 atom stereocenters. The van der Waals surface area contributed by atoms with Crippen LogP contribution in [-0.2, 0) is 9.59 Å². The van der Waals surface area contributed by atoms with Crippen LogP contribution in [0.5, 0.6) is 11.5 Å². The van der Waals surface area contributed by atoms with Gasteiger partial charge in [-0.05, 0) is 42.0 Å². The lowest BCUT2D eigenvalue weighted by molar-refractivity contribution is -0.126. The van der Waals surface area contributed by atoms with Gasteiger partial charge in [-0.1, -0.05) is 53.2 Å². The van der Waals surface area contributed by atoms with Gasteiger partial charge < -0.3 is 14.8 Å². The monoisotopic (exact) mass is 482 g/mol. The second-order valence-electron chi connectivity index (χ2n) is 6.05. The van der Waals surface area contributed by atoms with E-state index < -0.39 is 5.91 Å². The predicted octanol–water partition coefficient (Wildman–Crippen LogP) is 4.85. The van der Waals surface area contributed by atoms with Gasteiger partial charge in [0.15, 0.2) is 11.5 Å². The summed E-state index contributed by atoms with van der Waals surface area (Å²) in [5.41, 5.74) is 1.14. The fraction of sp³-hybridized carbons (Fsp3) is 0.150. The fourth-order valence-corrected chi connectivity index (χ4v) is 4.37. The van der Waals surface area contributed by atoms with E-state index in [-0.39, 0.29) is 12.5 Å². The summed E-state index contributed by atoms with van der Waals surface area (Å²) in [5.74, 6) is 0.348. The molecule has 1 aliphatic rings. The summed E-state index contributed by atoms with van der Waals surface area (Å²) in [6.45, 7) is -0.229. The molecular formula is C20H16Cl2N2O4S2. The van der Waals surface area contributed by atoms with Crippen LogP contribution in [0.4, 0.5) is 5.69 Å². The Morgan fingerprint density at radius 3 is 2.57 bits per heavy atom. The number of nitrogens with one attached hydrogen (secondary N) is 1. The molecule has 0 aromatic heterocycles. The van der Waals surface area contributed by atoms with Gasteiger partial charge in [0, 0.05) is 5.02 Å². The molecule has 0 spiro atoms. The van der Waals surface area contributed by atoms with Gasteiger partial charge in [-0.25, -0.2) is 0 Å². The highest BCUT2D eigenvalue weighted by Crippen LogP contribution is 2.34. The van der Waals surface area contributed by atoms with E-state index >= 15 is 0 Å². The Bertz CT molecular complexity index is 1060. The summed E-state index contributed by atoms with van der Waals surface area (Å²) in [4.78, 5) is 26.8. The number of anilines is 1. The number of benzene rings is 2. The van der Waals surface area contributed by atoms with E-state index in [4.69, 9.17) is 44.9 Å². The summed E-state index contributed by atoms with van der Waals surface area (Å²) >= 11 is 18.3. The van der Waals surface area contributed by atoms with Crippen LogP contribution in [0.2, 0.25) is 10.0 Å². The van der Waals surface area contributed by atoms with Crippen LogP contribution in [0.1, 0.15) is 5.56 Å². The number of thioether (sulfide) groups is 1. The molecular weight excluding hydrogens is 467 g/mol. The molecule has 0 bridgehead atoms. The van der Waals surface area contributed by atoms with Gasteiger partial charge >= 0.3 is 0 Å². The third-order valence-corrected chi connectivity index (χ3v) is 6.01. The van der Waals surface area contributed by atoms with Crippen molar-refractivity contribution in [3.05, 3.63) is 56.9 Å². The number of rotatable bonds is 6. The molecule has 0 unspecified atom stereocenters. The Morgan fingerprint density at radius 1 is 1.17 bits per heavy atom. The zero-order chi connectivity index (χ0) is 21.8. The van der Waals surface area contributed by atoms with Crippen LogP contribution in [0, 0.1) is 0 Å². The van der Waals surface area contributed by atoms with Crippen molar-refractivity contribution in [1.82, 2.24) is 4.90 Å². The Balaban J connectivity index is 1.73. The average Bonchev–Trinajstić information content (AvgIpc) is 2.97. The third-order valence-electron chi connectivity index (χ3n) is 4.09. The first kappa shape index (κ1) is 22.4. The molecule has 2 aromatic rings. The molecule has 2 aromatic carbocycles. The summed E-state index contributed by atoms with van der Waals surface area (Å²) in [7, 11) is 3.08. The SMILES string of the molecule is COc1ccc(C=C2SC(=S)N(CC(=O)Nc3ccc(Cl)cc3Cl)C2=O)cc1OC. The standard InChI is InChI=1S/C20H16Cl2N2O4S2/c1-27-15-6-3-11(7-16(15)28-2)8-17-19(26)24(20(29)30-17)10-18(25)23-14-5-4-12(21)9-13(14)22/h3-9H,10H2,1-2H3,(H,23,25). The lowest BCUT2D eigenvalue weighted by Gasteiger charge is -2.14. The predicted molar refractivity (Wildman–Crippen MR) is 125 cm³/mol. The van der Waals surface area contributed by atoms with Gasteiger partial charge in [0.1, 0.15) is 10.9 Å². The maximum absolute atomic E-state index is 12.8. The maximum Gasteiger partial charge on any atom is 0.266 e. The number of nitrogens with zero attached hydrogens (tertiary/aromatic N) is 1. The largest absolute Gasteiger partial charge is 0.493 e. The first-order chi connectivity index (χ1) is 14.3. The minimum absolute atomic E-state index is 0.229. The number of hydrogen-bond acceptors (Lipinski definition) is 6. The van der Waals surface area contributed by atoms with Crippen molar-refractivity contribution in [1.29, 1.82) is 0 Å². The van der Waals surface area contributed by atoms with Gasteiger partial charge in [0.25, 0.3) is 5.91 Å². The molecule has 0 aliphatic carbocycles. The molecule has 0 saturated carbocycles. The Kier molecular flexibility index (Phi) is 7.25. The number of hydrogen-bond donors (Lipinski definition) is 1. The highest BCUT2D eigenvalue weighted by Gasteiger charge is 2.33. The van der Waals surface area contributed by atoms with Crippen LogP contribution in [0.25, 0.3) is 6.08 Å². The molecule has 10 heteroatoms. The second kappa shape index (κ2) is 9.70. The number of carbonyl (C=O) groups is 2. The van der Waals surface area contributed by atoms with Crippen molar-refractivity contribution in [2.24, 2.45) is 0 Å². The number of halogens is 2. The highest BCUT2D eigenvalue weighted by molar-refractivity contribution is 8.26. The lowest BCUT2D eigenvalue weighted by atomic mass is 10.2. The summed E-state index contributed by atoms with van der Waals surface area (Å²) < 4.78 is 10.8. The Hall–Kier alpha value is -2.26. The van der Waals surface area contributed by atoms with Gasteiger partial charge in [0.05, 0.1) is 29.8 Å². The Morgan fingerprint density at radius 2 is 1.90 bits per heavy atom. The first-order valence-electron chi connectivity index (χ1n) is 8.54. The molecule has 2 amide bonds. The van der Waals surface area contributed by atoms with Gasteiger partial charge in [-0.15, -0.1) is 0 Å². The van der Waals surface area contributed by atoms with Crippen LogP contribution in [0.3, 0.4) is 0 Å². The summed E-state index contributed by atoms with van der Waals surface area (Å²) in [5, 5.41) is 3.41. The zero-order valence-electron chi connectivity index (χ0n) is 15.9. The van der Waals surface area contributed by atoms with Crippen molar-refractivity contribution in [3.63, 3.8) is 0 Å². The molecule has 6 nitrogen and oxygen atoms in total. The third kappa shape index (κ3) is 5.07. The second-order valence-corrected chi connectivity index (χ2v) is 8.57. The van der Waals surface area contributed by atoms with Crippen molar-refractivity contribution in [3.8, 4) is 11.5 Å². The zero-order valence-corrected chi connectivity index (χ0v) is 19.0. The molecule has 156 valence electrons. The van der Waals surface area contributed by atoms with Crippen LogP contribution in [-0.4, -0.2) is 41.8 Å². The molecule has 0 radical (unpaired) electrons. The van der Waals surface area contributed by atoms with Gasteiger partial charge in [0.2, 0.25) is 5.91 Å². The summed E-state index contributed by atoms with van der Waals surface area (Å²) in [6.07, 6.45) is 1.69. The van der Waals surface area contributed by atoms with E-state index in [0.29, 0.717) is 36.5 Å². The van der Waals surface area contributed by atoms with E-state index in [1.807, 2.05) is 0 Å². The quantitative estimate of drug-likeness (QED) is 0.468. The molecule has 3 rings (SSSR count). The van der Waals surface area contributed by atoms with E-state index in [1.165, 1.54) is 18.1 Å². The molecule has 1 heterocycles. The van der Waals surface area contributed by atoms with E-state index in [1.54, 1.807) is 43.5 Å². The smallest absolute Gasteiger partial charge is 0.266 e. The number of amides is 2. The number of carbonyl (C=O) groups excluding carboxylic acids is 2. The van der Waals surface area contributed by atoms with Gasteiger partial charge in [-0.2, -0.15) is 0 Å². The van der Waals surface area contributed by atoms with Crippen LogP contribution < -0.4 is 14.8 Å². The van der Waals surface area contributed by atoms with Crippen molar-refractivity contribution < 1.29 is 19.1 Å². The molecule has 1 N–H and O–H groups in total. The average molecular weight is 483 g/mol. The van der Waals surface area contributed by atoms with Crippen molar-refractivity contribution in [2.45, 2.75) is 0 Å². The number of ether oxygens (including phenoxy) is 2. The molecule has 30 heavy (non-hydrogen) atoms. The van der Waals surface area contributed by atoms with Gasteiger partial charge in [-0.3, -0.25) is 14.5 Å². The minimum atomic E-state index is -0.428. The summed E-state index contributed by atoms with van der Waals surface area (Å²) in [6, 6.07) is 10.0. The molecule has 1 aliphatic heterocycles. The topological polar surface area (TPSA) is 67.9 Å². The number of methoxy groups -OCH3 is 2. The highest BCUT2D eigenvalue weighted by atomic mass is 35.5. The normalized spacial score (nSPS) is 14.9. The molecule has 1 fully saturated rings. The maximum atomic E-state index is 12.8. The van der Waals surface area contributed by atoms with Crippen LogP contribution >= 0.6 is 47.2 Å². The van der Waals surface area contributed by atoms with E-state index in [9.17, 15) is 9.59 Å². The first-order valence-corrected chi connectivity index (χ1v) is 10.5. The van der Waals surface area contributed by atoms with Crippen molar-refractivity contribution >= 4 is 75.1 Å². The van der Waals surface area contributed by atoms with Crippen molar-refractivity contribution in [2.75, 3.05) is 26.1 Å². The van der Waals surface area contributed by atoms with Crippen LogP contribution in [0.15, 0.2) is 41.3 Å². The van der Waals surface area contributed by atoms with E-state index in [0.717, 1.165) is 17.3 Å². The minimum Gasteiger partial charge on any atom is -0.493 e. The number of thiocarbonyl (C=S) groups is 1. The Labute approximate surface area is 193 Å². The fourth-order valence-electron chi connectivity index (χ4n) is 2.65. The van der Waals surface area contributed by atoms with E-state index in [2.05, 4.69) is 5.32 Å².